The Morgan fingerprint density at radius 2 is 1.69 bits per heavy atom. The Labute approximate surface area is 186 Å². The number of benzene rings is 1. The normalized spacial score (nSPS) is 20.6. The average molecular weight is 475 g/mol. The van der Waals surface area contributed by atoms with Gasteiger partial charge in [-0.25, -0.2) is 22.0 Å². The van der Waals surface area contributed by atoms with Gasteiger partial charge in [0.05, 0.1) is 0 Å². The molecule has 0 bridgehead atoms. The molecule has 0 saturated carbocycles. The summed E-state index contributed by atoms with van der Waals surface area (Å²) < 4.78 is 62.2. The van der Waals surface area contributed by atoms with Crippen molar-refractivity contribution >= 4 is 21.8 Å². The standard InChI is InChI=1S/C21H28F2N2O6S/c1-21(2,3)31-20(27)24-8-5-13(6-9-24)25-10-7-16(19(25)26)30-17-11-15(23)18(12-14(17)22)32(4,28)29/h11-13,16H,5-10H2,1-4H3. The van der Waals surface area contributed by atoms with Crippen LogP contribution >= 0.6 is 0 Å². The Hall–Kier alpha value is -2.43. The Balaban J connectivity index is 1.60. The first-order chi connectivity index (χ1) is 14.8. The van der Waals surface area contributed by atoms with Crippen molar-refractivity contribution in [2.45, 2.75) is 62.7 Å². The summed E-state index contributed by atoms with van der Waals surface area (Å²) in [7, 11) is -3.94. The van der Waals surface area contributed by atoms with Crippen molar-refractivity contribution < 1.29 is 36.3 Å². The van der Waals surface area contributed by atoms with Crippen LogP contribution in [0, 0.1) is 11.6 Å². The van der Waals surface area contributed by atoms with Gasteiger partial charge < -0.3 is 19.3 Å². The van der Waals surface area contributed by atoms with Gasteiger partial charge >= 0.3 is 6.09 Å². The number of hydrogen-bond acceptors (Lipinski definition) is 6. The van der Waals surface area contributed by atoms with E-state index in [9.17, 15) is 26.8 Å². The van der Waals surface area contributed by atoms with Crippen molar-refractivity contribution in [3.63, 3.8) is 0 Å². The zero-order valence-electron chi connectivity index (χ0n) is 18.6. The second kappa shape index (κ2) is 8.84. The molecule has 1 unspecified atom stereocenters. The SMILES string of the molecule is CC(C)(C)OC(=O)N1CCC(N2CCC(Oc3cc(F)c(S(C)(=O)=O)cc3F)C2=O)CC1. The molecule has 178 valence electrons. The summed E-state index contributed by atoms with van der Waals surface area (Å²) >= 11 is 0. The number of sulfone groups is 1. The number of nitrogens with zero attached hydrogens (tertiary/aromatic N) is 2. The highest BCUT2D eigenvalue weighted by Gasteiger charge is 2.40. The summed E-state index contributed by atoms with van der Waals surface area (Å²) in [5.41, 5.74) is -0.586. The highest BCUT2D eigenvalue weighted by Crippen LogP contribution is 2.29. The first-order valence-corrected chi connectivity index (χ1v) is 12.3. The lowest BCUT2D eigenvalue weighted by molar-refractivity contribution is -0.136. The molecule has 11 heteroatoms. The number of carbonyl (C=O) groups is 2. The lowest BCUT2D eigenvalue weighted by Crippen LogP contribution is -2.49. The third kappa shape index (κ3) is 5.48. The molecule has 2 aliphatic heterocycles. The lowest BCUT2D eigenvalue weighted by atomic mass is 10.0. The molecular formula is C21H28F2N2O6S. The second-order valence-corrected chi connectivity index (χ2v) is 11.1. The number of hydrogen-bond donors (Lipinski definition) is 0. The summed E-state index contributed by atoms with van der Waals surface area (Å²) in [6.45, 7) is 6.67. The highest BCUT2D eigenvalue weighted by atomic mass is 32.2. The highest BCUT2D eigenvalue weighted by molar-refractivity contribution is 7.90. The van der Waals surface area contributed by atoms with Crippen LogP contribution in [0.5, 0.6) is 5.75 Å². The molecule has 8 nitrogen and oxygen atoms in total. The molecule has 32 heavy (non-hydrogen) atoms. The van der Waals surface area contributed by atoms with Gasteiger partial charge in [-0.3, -0.25) is 4.79 Å². The van der Waals surface area contributed by atoms with Gasteiger partial charge in [0, 0.05) is 44.4 Å². The van der Waals surface area contributed by atoms with Crippen LogP contribution in [-0.2, 0) is 19.4 Å². The van der Waals surface area contributed by atoms with Gasteiger partial charge in [0.2, 0.25) is 0 Å². The van der Waals surface area contributed by atoms with E-state index in [2.05, 4.69) is 0 Å². The van der Waals surface area contributed by atoms with E-state index in [1.165, 1.54) is 0 Å². The smallest absolute Gasteiger partial charge is 0.410 e. The molecular weight excluding hydrogens is 446 g/mol. The molecule has 3 rings (SSSR count). The minimum absolute atomic E-state index is 0.0935. The molecule has 1 atom stereocenters. The number of halogens is 2. The topological polar surface area (TPSA) is 93.2 Å². The predicted molar refractivity (Wildman–Crippen MR) is 111 cm³/mol. The van der Waals surface area contributed by atoms with Gasteiger partial charge in [0.25, 0.3) is 5.91 Å². The largest absolute Gasteiger partial charge is 0.477 e. The molecule has 2 heterocycles. The van der Waals surface area contributed by atoms with Crippen molar-refractivity contribution in [1.82, 2.24) is 9.80 Å². The number of likely N-dealkylation sites (tertiary alicyclic amines) is 2. The minimum atomic E-state index is -3.94. The van der Waals surface area contributed by atoms with E-state index in [0.717, 1.165) is 6.26 Å². The van der Waals surface area contributed by atoms with E-state index in [4.69, 9.17) is 9.47 Å². The molecule has 0 spiro atoms. The van der Waals surface area contributed by atoms with E-state index < -0.39 is 43.8 Å². The maximum atomic E-state index is 14.3. The monoisotopic (exact) mass is 474 g/mol. The summed E-state index contributed by atoms with van der Waals surface area (Å²) in [6.07, 6.45) is 0.836. The van der Waals surface area contributed by atoms with E-state index in [-0.39, 0.29) is 18.0 Å². The van der Waals surface area contributed by atoms with Crippen LogP contribution in [0.3, 0.4) is 0 Å². The quantitative estimate of drug-likeness (QED) is 0.666. The molecule has 1 aromatic carbocycles. The molecule has 0 aromatic heterocycles. The number of piperidine rings is 1. The van der Waals surface area contributed by atoms with E-state index >= 15 is 0 Å². The third-order valence-electron chi connectivity index (χ3n) is 5.40. The van der Waals surface area contributed by atoms with Crippen LogP contribution in [0.4, 0.5) is 13.6 Å². The van der Waals surface area contributed by atoms with Gasteiger partial charge in [0.15, 0.2) is 27.5 Å². The maximum absolute atomic E-state index is 14.3. The van der Waals surface area contributed by atoms with Crippen molar-refractivity contribution in [3.05, 3.63) is 23.8 Å². The van der Waals surface area contributed by atoms with Crippen LogP contribution in [-0.4, -0.2) is 73.9 Å². The fourth-order valence-electron chi connectivity index (χ4n) is 3.87. The van der Waals surface area contributed by atoms with Gasteiger partial charge in [-0.2, -0.15) is 0 Å². The van der Waals surface area contributed by atoms with Crippen LogP contribution in [0.1, 0.15) is 40.0 Å². The van der Waals surface area contributed by atoms with Gasteiger partial charge in [0.1, 0.15) is 16.3 Å². The van der Waals surface area contributed by atoms with Gasteiger partial charge in [-0.05, 0) is 39.7 Å². The van der Waals surface area contributed by atoms with Gasteiger partial charge in [-0.1, -0.05) is 0 Å². The number of ether oxygens (including phenoxy) is 2. The van der Waals surface area contributed by atoms with Crippen molar-refractivity contribution in [2.24, 2.45) is 0 Å². The second-order valence-electron chi connectivity index (χ2n) is 9.11. The van der Waals surface area contributed by atoms with Gasteiger partial charge in [-0.15, -0.1) is 0 Å². The lowest BCUT2D eigenvalue weighted by Gasteiger charge is -2.37. The maximum Gasteiger partial charge on any atom is 0.410 e. The summed E-state index contributed by atoms with van der Waals surface area (Å²) in [4.78, 5) is 27.5. The van der Waals surface area contributed by atoms with E-state index in [1.807, 2.05) is 0 Å². The molecule has 1 aromatic rings. The van der Waals surface area contributed by atoms with Crippen molar-refractivity contribution in [2.75, 3.05) is 25.9 Å². The number of amides is 2. The molecule has 2 aliphatic rings. The average Bonchev–Trinajstić information content (AvgIpc) is 3.02. The number of carbonyl (C=O) groups excluding carboxylic acids is 2. The Kier molecular flexibility index (Phi) is 6.69. The summed E-state index contributed by atoms with van der Waals surface area (Å²) in [5, 5.41) is 0. The van der Waals surface area contributed by atoms with Crippen molar-refractivity contribution in [1.29, 1.82) is 0 Å². The summed E-state index contributed by atoms with van der Waals surface area (Å²) in [6, 6.07) is 1.12. The third-order valence-corrected chi connectivity index (χ3v) is 6.51. The summed E-state index contributed by atoms with van der Waals surface area (Å²) in [5.74, 6) is -3.04. The van der Waals surface area contributed by atoms with Crippen LogP contribution in [0.2, 0.25) is 0 Å². The minimum Gasteiger partial charge on any atom is -0.477 e. The molecule has 2 amide bonds. The van der Waals surface area contributed by atoms with Crippen LogP contribution < -0.4 is 4.74 Å². The zero-order valence-corrected chi connectivity index (χ0v) is 19.4. The molecule has 2 saturated heterocycles. The molecule has 2 fully saturated rings. The fraction of sp³-hybridized carbons (Fsp3) is 0.619. The Morgan fingerprint density at radius 3 is 2.25 bits per heavy atom. The van der Waals surface area contributed by atoms with E-state index in [1.54, 1.807) is 30.6 Å². The number of rotatable bonds is 4. The van der Waals surface area contributed by atoms with E-state index in [0.29, 0.717) is 51.0 Å². The Bertz CT molecular complexity index is 1000. The molecule has 0 N–H and O–H groups in total. The molecule has 0 radical (unpaired) electrons. The fourth-order valence-corrected chi connectivity index (χ4v) is 4.60. The predicted octanol–water partition coefficient (Wildman–Crippen LogP) is 2.75. The van der Waals surface area contributed by atoms with Crippen molar-refractivity contribution in [3.8, 4) is 5.75 Å². The van der Waals surface area contributed by atoms with Crippen LogP contribution in [0.15, 0.2) is 17.0 Å². The molecule has 0 aliphatic carbocycles. The van der Waals surface area contributed by atoms with Crippen LogP contribution in [0.25, 0.3) is 0 Å². The first kappa shape index (κ1) is 24.2. The Morgan fingerprint density at radius 1 is 1.06 bits per heavy atom. The first-order valence-electron chi connectivity index (χ1n) is 10.4. The zero-order chi connectivity index (χ0) is 23.8.